The maximum Gasteiger partial charge on any atom is 0.255 e. The molecular weight excluding hydrogens is 558 g/mol. The van der Waals surface area contributed by atoms with Crippen LogP contribution in [0.4, 0.5) is 0 Å². The molecule has 0 spiro atoms. The van der Waals surface area contributed by atoms with Crippen molar-refractivity contribution in [1.82, 2.24) is 0 Å². The van der Waals surface area contributed by atoms with Gasteiger partial charge in [-0.2, -0.15) is 0 Å². The highest BCUT2D eigenvalue weighted by Gasteiger charge is 2.30. The Morgan fingerprint density at radius 1 is 0.378 bits per heavy atom. The third-order valence-electron chi connectivity index (χ3n) is 9.31. The zero-order valence-corrected chi connectivity index (χ0v) is 28.8. The minimum Gasteiger partial charge on any atom is -0.149 e. The van der Waals surface area contributed by atoms with E-state index in [1.807, 2.05) is 11.3 Å². The fourth-order valence-corrected chi connectivity index (χ4v) is 8.45. The van der Waals surface area contributed by atoms with Crippen LogP contribution in [0.15, 0.2) is 109 Å². The average Bonchev–Trinajstić information content (AvgIpc) is 3.48. The van der Waals surface area contributed by atoms with Crippen molar-refractivity contribution in [3.8, 4) is 10.4 Å². The summed E-state index contributed by atoms with van der Waals surface area (Å²) in [5.41, 5.74) is 18.8. The van der Waals surface area contributed by atoms with Gasteiger partial charge in [0.2, 0.25) is 6.71 Å². The second kappa shape index (κ2) is 12.7. The van der Waals surface area contributed by atoms with E-state index in [4.69, 9.17) is 0 Å². The van der Waals surface area contributed by atoms with Crippen LogP contribution in [-0.2, 0) is 0 Å². The molecule has 1 heterocycles. The molecule has 0 aliphatic rings. The molecule has 0 nitrogen and oxygen atoms in total. The highest BCUT2D eigenvalue weighted by molar-refractivity contribution is 7.29. The second-order valence-corrected chi connectivity index (χ2v) is 14.3. The van der Waals surface area contributed by atoms with Crippen LogP contribution >= 0.6 is 11.3 Å². The summed E-state index contributed by atoms with van der Waals surface area (Å²) in [5, 5.41) is 0. The van der Waals surface area contributed by atoms with E-state index in [-0.39, 0.29) is 13.4 Å². The van der Waals surface area contributed by atoms with Crippen LogP contribution in [0.5, 0.6) is 0 Å². The van der Waals surface area contributed by atoms with Gasteiger partial charge >= 0.3 is 0 Å². The number of benzene rings is 5. The first-order chi connectivity index (χ1) is 21.6. The summed E-state index contributed by atoms with van der Waals surface area (Å²) in [7, 11) is 0. The Morgan fingerprint density at radius 2 is 0.756 bits per heavy atom. The van der Waals surface area contributed by atoms with Crippen LogP contribution in [0.2, 0.25) is 0 Å². The Labute approximate surface area is 275 Å². The third-order valence-corrected chi connectivity index (χ3v) is 10.5. The highest BCUT2D eigenvalue weighted by Crippen LogP contribution is 2.24. The molecule has 3 heteroatoms. The third kappa shape index (κ3) is 6.37. The molecule has 0 bridgehead atoms. The molecule has 6 aromatic rings. The quantitative estimate of drug-likeness (QED) is 0.175. The first-order valence-corrected chi connectivity index (χ1v) is 16.9. The lowest BCUT2D eigenvalue weighted by Crippen LogP contribution is -2.54. The van der Waals surface area contributed by atoms with Crippen LogP contribution in [0.25, 0.3) is 10.4 Å². The Balaban J connectivity index is 1.41. The van der Waals surface area contributed by atoms with E-state index in [9.17, 15) is 0 Å². The molecule has 0 N–H and O–H groups in total. The molecule has 0 saturated carbocycles. The number of rotatable bonds is 7. The summed E-state index contributed by atoms with van der Waals surface area (Å²) in [6, 6.07) is 41.4. The van der Waals surface area contributed by atoms with E-state index in [0.29, 0.717) is 0 Å². The number of hydrogen-bond donors (Lipinski definition) is 0. The van der Waals surface area contributed by atoms with Gasteiger partial charge in [0.15, 0.2) is 0 Å². The molecule has 0 aliphatic carbocycles. The number of thiophene rings is 1. The molecule has 6 rings (SSSR count). The minimum atomic E-state index is 0.198. The molecule has 0 atom stereocenters. The summed E-state index contributed by atoms with van der Waals surface area (Å²) in [6.45, 7) is 18.3. The lowest BCUT2D eigenvalue weighted by molar-refractivity contribution is 1.34. The van der Waals surface area contributed by atoms with Gasteiger partial charge in [0.25, 0.3) is 6.71 Å². The molecule has 0 radical (unpaired) electrons. The van der Waals surface area contributed by atoms with E-state index in [0.717, 1.165) is 0 Å². The van der Waals surface area contributed by atoms with Gasteiger partial charge in [-0.1, -0.05) is 175 Å². The van der Waals surface area contributed by atoms with Gasteiger partial charge in [-0.15, -0.1) is 11.3 Å². The van der Waals surface area contributed by atoms with Crippen molar-refractivity contribution in [2.24, 2.45) is 0 Å². The van der Waals surface area contributed by atoms with Gasteiger partial charge in [0.05, 0.1) is 0 Å². The molecule has 0 amide bonds. The SMILES string of the molecule is Cc1ccc(B(c2ccc(C)cc2)c2ccc(-c3ccc(B(c4c(C)cc(C)cc4C)c4c(C)cc(C)cc4C)s3)cc2)cc1. The van der Waals surface area contributed by atoms with Crippen molar-refractivity contribution >= 4 is 56.9 Å². The summed E-state index contributed by atoms with van der Waals surface area (Å²) in [6.07, 6.45) is 0. The molecule has 5 aromatic carbocycles. The van der Waals surface area contributed by atoms with Crippen LogP contribution in [0, 0.1) is 55.4 Å². The van der Waals surface area contributed by atoms with E-state index in [1.165, 1.54) is 87.0 Å². The van der Waals surface area contributed by atoms with Gasteiger partial charge in [0.1, 0.15) is 0 Å². The van der Waals surface area contributed by atoms with Crippen molar-refractivity contribution in [3.63, 3.8) is 0 Å². The largest absolute Gasteiger partial charge is 0.255 e. The molecule has 1 aromatic heterocycles. The fraction of sp³-hybridized carbons (Fsp3) is 0.190. The fourth-order valence-electron chi connectivity index (χ4n) is 7.32. The normalized spacial score (nSPS) is 11.1. The predicted octanol–water partition coefficient (Wildman–Crippen LogP) is 6.91. The molecule has 0 saturated heterocycles. The van der Waals surface area contributed by atoms with Crippen molar-refractivity contribution in [1.29, 1.82) is 0 Å². The highest BCUT2D eigenvalue weighted by atomic mass is 32.1. The standard InChI is InChI=1S/C42H42B2S/c1-27-9-15-36(16-10-27)43(37-17-11-28(2)12-18-37)38-19-13-35(14-20-38)39-21-22-40(45-39)44(41-31(5)23-29(3)24-32(41)6)42-33(7)25-30(4)26-34(42)8/h9-26H,1-8H3. The summed E-state index contributed by atoms with van der Waals surface area (Å²) in [5.74, 6) is 0. The first-order valence-electron chi connectivity index (χ1n) is 16.1. The van der Waals surface area contributed by atoms with Crippen LogP contribution in [0.1, 0.15) is 44.5 Å². The Morgan fingerprint density at radius 3 is 1.16 bits per heavy atom. The number of aryl methyl sites for hydroxylation is 8. The zero-order chi connectivity index (χ0) is 31.8. The molecule has 0 fully saturated rings. The van der Waals surface area contributed by atoms with Crippen LogP contribution < -0.4 is 32.1 Å². The van der Waals surface area contributed by atoms with Crippen molar-refractivity contribution in [2.45, 2.75) is 55.4 Å². The van der Waals surface area contributed by atoms with E-state index in [1.54, 1.807) is 0 Å². The Bertz CT molecular complexity index is 1810. The second-order valence-electron chi connectivity index (χ2n) is 13.1. The maximum absolute atomic E-state index is 2.37. The van der Waals surface area contributed by atoms with E-state index >= 15 is 0 Å². The van der Waals surface area contributed by atoms with Gasteiger partial charge in [0, 0.05) is 4.88 Å². The van der Waals surface area contributed by atoms with Crippen molar-refractivity contribution in [3.05, 3.63) is 154 Å². The van der Waals surface area contributed by atoms with Gasteiger partial charge in [-0.05, 0) is 71.8 Å². The van der Waals surface area contributed by atoms with Crippen LogP contribution in [0.3, 0.4) is 0 Å². The topological polar surface area (TPSA) is 0 Å². The molecule has 0 unspecified atom stereocenters. The smallest absolute Gasteiger partial charge is 0.149 e. The molecule has 45 heavy (non-hydrogen) atoms. The van der Waals surface area contributed by atoms with Gasteiger partial charge in [-0.25, -0.2) is 0 Å². The lowest BCUT2D eigenvalue weighted by atomic mass is 9.37. The Hall–Kier alpha value is -4.07. The van der Waals surface area contributed by atoms with Crippen molar-refractivity contribution < 1.29 is 0 Å². The van der Waals surface area contributed by atoms with Gasteiger partial charge < -0.3 is 0 Å². The minimum absolute atomic E-state index is 0.198. The zero-order valence-electron chi connectivity index (χ0n) is 28.0. The summed E-state index contributed by atoms with van der Waals surface area (Å²) < 4.78 is 1.40. The van der Waals surface area contributed by atoms with Gasteiger partial charge in [-0.3, -0.25) is 0 Å². The predicted molar refractivity (Wildman–Crippen MR) is 203 cm³/mol. The first kappa shape index (κ1) is 30.9. The summed E-state index contributed by atoms with van der Waals surface area (Å²) >= 11 is 1.94. The lowest BCUT2D eigenvalue weighted by Gasteiger charge is -2.23. The number of hydrogen-bond acceptors (Lipinski definition) is 1. The van der Waals surface area contributed by atoms with Crippen LogP contribution in [-0.4, -0.2) is 13.4 Å². The molecule has 222 valence electrons. The average molecular weight is 600 g/mol. The van der Waals surface area contributed by atoms with E-state index in [2.05, 4.69) is 165 Å². The maximum atomic E-state index is 2.37. The molecular formula is C42H42B2S. The monoisotopic (exact) mass is 600 g/mol. The Kier molecular flexibility index (Phi) is 8.76. The summed E-state index contributed by atoms with van der Waals surface area (Å²) in [4.78, 5) is 1.31. The molecule has 0 aliphatic heterocycles. The van der Waals surface area contributed by atoms with E-state index < -0.39 is 0 Å². The van der Waals surface area contributed by atoms with Crippen molar-refractivity contribution in [2.75, 3.05) is 0 Å².